The van der Waals surface area contributed by atoms with Gasteiger partial charge in [-0.2, -0.15) is 0 Å². The molecule has 0 unspecified atom stereocenters. The van der Waals surface area contributed by atoms with Crippen LogP contribution in [0.25, 0.3) is 0 Å². The average Bonchev–Trinajstić information content (AvgIpc) is 3.27. The van der Waals surface area contributed by atoms with E-state index in [1.165, 1.54) is 0 Å². The number of hydrogen-bond acceptors (Lipinski definition) is 5. The van der Waals surface area contributed by atoms with Gasteiger partial charge in [-0.3, -0.25) is 4.79 Å². The topological polar surface area (TPSA) is 74.6 Å². The van der Waals surface area contributed by atoms with Crippen LogP contribution in [-0.4, -0.2) is 35.8 Å². The normalized spacial score (nSPS) is 10.5. The van der Waals surface area contributed by atoms with Crippen LogP contribution in [0.2, 0.25) is 0 Å². The summed E-state index contributed by atoms with van der Waals surface area (Å²) in [6.07, 6.45) is 6.20. The van der Waals surface area contributed by atoms with Crippen molar-refractivity contribution in [2.24, 2.45) is 0 Å². The van der Waals surface area contributed by atoms with Crippen molar-refractivity contribution < 1.29 is 19.0 Å². The predicted molar refractivity (Wildman–Crippen MR) is 119 cm³/mol. The number of imidazole rings is 1. The summed E-state index contributed by atoms with van der Waals surface area (Å²) in [5.74, 6) is 1.40. The van der Waals surface area contributed by atoms with E-state index in [2.05, 4.69) is 26.2 Å². The van der Waals surface area contributed by atoms with Crippen molar-refractivity contribution >= 4 is 27.5 Å². The Morgan fingerprint density at radius 2 is 2.00 bits per heavy atom. The summed E-state index contributed by atoms with van der Waals surface area (Å²) in [6.45, 7) is 3.69. The van der Waals surface area contributed by atoms with Crippen LogP contribution in [0.3, 0.4) is 0 Å². The Morgan fingerprint density at radius 3 is 2.73 bits per heavy atom. The van der Waals surface area contributed by atoms with Gasteiger partial charge < -0.3 is 24.1 Å². The van der Waals surface area contributed by atoms with Crippen molar-refractivity contribution in [1.29, 1.82) is 0 Å². The molecule has 0 aliphatic heterocycles. The highest BCUT2D eigenvalue weighted by molar-refractivity contribution is 9.10. The minimum Gasteiger partial charge on any atom is -0.493 e. The van der Waals surface area contributed by atoms with Crippen LogP contribution in [0.1, 0.15) is 23.7 Å². The molecular weight excluding hydrogens is 450 g/mol. The summed E-state index contributed by atoms with van der Waals surface area (Å²) in [5.41, 5.74) is 1.03. The number of carbonyl (C=O) groups is 1. The highest BCUT2D eigenvalue weighted by Crippen LogP contribution is 2.37. The molecule has 0 saturated heterocycles. The van der Waals surface area contributed by atoms with Gasteiger partial charge in [-0.1, -0.05) is 19.1 Å². The number of rotatable bonds is 10. The van der Waals surface area contributed by atoms with E-state index in [0.29, 0.717) is 52.7 Å². The number of aromatic nitrogens is 2. The maximum atomic E-state index is 12.9. The van der Waals surface area contributed by atoms with Crippen LogP contribution in [-0.2, 0) is 6.54 Å². The highest BCUT2D eigenvalue weighted by atomic mass is 79.9. The monoisotopic (exact) mass is 473 g/mol. The number of methoxy groups -OCH3 is 1. The van der Waals surface area contributed by atoms with Crippen LogP contribution in [0, 0.1) is 0 Å². The molecule has 30 heavy (non-hydrogen) atoms. The Balaban J connectivity index is 1.72. The lowest BCUT2D eigenvalue weighted by atomic mass is 10.1. The standard InChI is InChI=1S/C22H24BrN3O4/c1-3-11-30-21-17(23)13-16(14-20(21)28-2)22(27)25-18-6-4-5-7-19(18)29-12-10-26-9-8-24-15-26/h4-9,13-15H,3,10-12H2,1-2H3,(H,25,27). The first kappa shape index (κ1) is 21.7. The molecule has 2 aromatic carbocycles. The van der Waals surface area contributed by atoms with E-state index in [0.717, 1.165) is 6.42 Å². The van der Waals surface area contributed by atoms with E-state index in [1.807, 2.05) is 35.9 Å². The zero-order valence-electron chi connectivity index (χ0n) is 16.9. The third kappa shape index (κ3) is 5.54. The second-order valence-corrected chi connectivity index (χ2v) is 7.29. The first-order valence-corrected chi connectivity index (χ1v) is 10.4. The fourth-order valence-corrected chi connectivity index (χ4v) is 3.32. The molecule has 1 amide bonds. The van der Waals surface area contributed by atoms with Crippen LogP contribution < -0.4 is 19.5 Å². The molecule has 0 atom stereocenters. The molecule has 0 saturated carbocycles. The second kappa shape index (κ2) is 10.7. The maximum absolute atomic E-state index is 12.9. The van der Waals surface area contributed by atoms with Gasteiger partial charge in [-0.05, 0) is 46.6 Å². The average molecular weight is 474 g/mol. The Bertz CT molecular complexity index is 977. The SMILES string of the molecule is CCCOc1c(Br)cc(C(=O)Nc2ccccc2OCCn2ccnc2)cc1OC. The Labute approximate surface area is 184 Å². The first-order chi connectivity index (χ1) is 14.6. The number of carbonyl (C=O) groups excluding carboxylic acids is 1. The number of halogens is 1. The summed E-state index contributed by atoms with van der Waals surface area (Å²) in [6, 6.07) is 10.7. The molecule has 0 radical (unpaired) electrons. The third-order valence-electron chi connectivity index (χ3n) is 4.24. The fraction of sp³-hybridized carbons (Fsp3) is 0.273. The molecule has 8 heteroatoms. The Morgan fingerprint density at radius 1 is 1.17 bits per heavy atom. The molecule has 0 aliphatic rings. The molecule has 1 N–H and O–H groups in total. The maximum Gasteiger partial charge on any atom is 0.255 e. The van der Waals surface area contributed by atoms with E-state index in [1.54, 1.807) is 37.8 Å². The van der Waals surface area contributed by atoms with Crippen molar-refractivity contribution in [3.05, 3.63) is 65.2 Å². The zero-order valence-corrected chi connectivity index (χ0v) is 18.5. The molecule has 3 rings (SSSR count). The summed E-state index contributed by atoms with van der Waals surface area (Å²) in [4.78, 5) is 16.9. The summed E-state index contributed by atoms with van der Waals surface area (Å²) < 4.78 is 19.6. The number of para-hydroxylation sites is 2. The fourth-order valence-electron chi connectivity index (χ4n) is 2.77. The number of nitrogens with zero attached hydrogens (tertiary/aromatic N) is 2. The largest absolute Gasteiger partial charge is 0.493 e. The molecular formula is C22H24BrN3O4. The predicted octanol–water partition coefficient (Wildman–Crippen LogP) is 4.77. The number of benzene rings is 2. The lowest BCUT2D eigenvalue weighted by Crippen LogP contribution is -2.14. The first-order valence-electron chi connectivity index (χ1n) is 9.61. The van der Waals surface area contributed by atoms with E-state index in [9.17, 15) is 4.79 Å². The Hall–Kier alpha value is -3.00. The van der Waals surface area contributed by atoms with E-state index >= 15 is 0 Å². The molecule has 0 fully saturated rings. The van der Waals surface area contributed by atoms with Gasteiger partial charge in [0.1, 0.15) is 12.4 Å². The van der Waals surface area contributed by atoms with Gasteiger partial charge in [-0.15, -0.1) is 0 Å². The van der Waals surface area contributed by atoms with E-state index in [4.69, 9.17) is 14.2 Å². The zero-order chi connectivity index (χ0) is 21.3. The lowest BCUT2D eigenvalue weighted by molar-refractivity contribution is 0.102. The molecule has 7 nitrogen and oxygen atoms in total. The second-order valence-electron chi connectivity index (χ2n) is 6.44. The van der Waals surface area contributed by atoms with Crippen LogP contribution in [0.4, 0.5) is 5.69 Å². The van der Waals surface area contributed by atoms with Gasteiger partial charge in [0.05, 0.1) is 36.7 Å². The van der Waals surface area contributed by atoms with Gasteiger partial charge >= 0.3 is 0 Å². The Kier molecular flexibility index (Phi) is 7.73. The number of anilines is 1. The van der Waals surface area contributed by atoms with Gasteiger partial charge in [-0.25, -0.2) is 4.98 Å². The minimum absolute atomic E-state index is 0.276. The van der Waals surface area contributed by atoms with Crippen LogP contribution in [0.5, 0.6) is 17.2 Å². The van der Waals surface area contributed by atoms with Crippen molar-refractivity contribution in [2.75, 3.05) is 25.6 Å². The summed E-state index contributed by atoms with van der Waals surface area (Å²) >= 11 is 3.47. The lowest BCUT2D eigenvalue weighted by Gasteiger charge is -2.15. The minimum atomic E-state index is -0.276. The highest BCUT2D eigenvalue weighted by Gasteiger charge is 2.17. The molecule has 0 spiro atoms. The number of amides is 1. The van der Waals surface area contributed by atoms with Gasteiger partial charge in [0, 0.05) is 18.0 Å². The van der Waals surface area contributed by atoms with Crippen LogP contribution in [0.15, 0.2) is 59.6 Å². The van der Waals surface area contributed by atoms with E-state index < -0.39 is 0 Å². The van der Waals surface area contributed by atoms with Crippen molar-refractivity contribution in [3.8, 4) is 17.2 Å². The van der Waals surface area contributed by atoms with E-state index in [-0.39, 0.29) is 5.91 Å². The van der Waals surface area contributed by atoms with Crippen LogP contribution >= 0.6 is 15.9 Å². The molecule has 3 aromatic rings. The molecule has 1 aromatic heterocycles. The molecule has 158 valence electrons. The number of ether oxygens (including phenoxy) is 3. The molecule has 0 aliphatic carbocycles. The molecule has 1 heterocycles. The van der Waals surface area contributed by atoms with Crippen molar-refractivity contribution in [1.82, 2.24) is 9.55 Å². The number of hydrogen-bond donors (Lipinski definition) is 1. The summed E-state index contributed by atoms with van der Waals surface area (Å²) in [7, 11) is 1.55. The van der Waals surface area contributed by atoms with Gasteiger partial charge in [0.2, 0.25) is 0 Å². The quantitative estimate of drug-likeness (QED) is 0.458. The van der Waals surface area contributed by atoms with Crippen molar-refractivity contribution in [3.63, 3.8) is 0 Å². The number of nitrogens with one attached hydrogen (secondary N) is 1. The third-order valence-corrected chi connectivity index (χ3v) is 4.83. The summed E-state index contributed by atoms with van der Waals surface area (Å²) in [5, 5.41) is 2.91. The van der Waals surface area contributed by atoms with Gasteiger partial charge in [0.15, 0.2) is 11.5 Å². The molecule has 0 bridgehead atoms. The smallest absolute Gasteiger partial charge is 0.255 e. The van der Waals surface area contributed by atoms with Crippen molar-refractivity contribution in [2.45, 2.75) is 19.9 Å². The van der Waals surface area contributed by atoms with Gasteiger partial charge in [0.25, 0.3) is 5.91 Å².